The maximum atomic E-state index is 12.7. The Bertz CT molecular complexity index is 616. The Morgan fingerprint density at radius 2 is 1.25 bits per heavy atom. The van der Waals surface area contributed by atoms with Gasteiger partial charge in [-0.1, -0.05) is 92.4 Å². The monoisotopic (exact) mass is 540 g/mol. The van der Waals surface area contributed by atoms with Crippen LogP contribution < -0.4 is 0 Å². The lowest BCUT2D eigenvalue weighted by Crippen LogP contribution is -2.39. The van der Waals surface area contributed by atoms with Gasteiger partial charge in [-0.25, -0.2) is 4.57 Å². The molecule has 0 rings (SSSR count). The van der Waals surface area contributed by atoms with Gasteiger partial charge >= 0.3 is 7.82 Å². The van der Waals surface area contributed by atoms with Crippen LogP contribution in [0, 0.1) is 23.7 Å². The van der Waals surface area contributed by atoms with Crippen LogP contribution in [0.25, 0.3) is 0 Å². The molecule has 10 heteroatoms. The predicted molar refractivity (Wildman–Crippen MR) is 140 cm³/mol. The number of carbonyl (C=O) groups is 1. The summed E-state index contributed by atoms with van der Waals surface area (Å²) in [6, 6.07) is 0. The zero-order valence-electron chi connectivity index (χ0n) is 23.1. The summed E-state index contributed by atoms with van der Waals surface area (Å²) in [7, 11) is -4.81. The first-order valence-electron chi connectivity index (χ1n) is 13.6. The number of aliphatic hydroxyl groups excluding tert-OH is 4. The number of phosphoric ester groups is 1. The van der Waals surface area contributed by atoms with Crippen LogP contribution in [0.3, 0.4) is 0 Å². The van der Waals surface area contributed by atoms with E-state index in [1.807, 2.05) is 6.92 Å². The van der Waals surface area contributed by atoms with Gasteiger partial charge in [0.1, 0.15) is 12.2 Å². The molecule has 9 nitrogen and oxygen atoms in total. The minimum Gasteiger partial charge on any atom is -0.394 e. The summed E-state index contributed by atoms with van der Waals surface area (Å²) in [5.74, 6) is 1.51. The number of hydrogen-bond donors (Lipinski definition) is 5. The molecule has 0 amide bonds. The highest BCUT2D eigenvalue weighted by atomic mass is 31.2. The topological polar surface area (TPSA) is 154 Å². The Morgan fingerprint density at radius 3 is 1.69 bits per heavy atom. The van der Waals surface area contributed by atoms with Gasteiger partial charge in [0.25, 0.3) is 0 Å². The lowest BCUT2D eigenvalue weighted by molar-refractivity contribution is -0.135. The quantitative estimate of drug-likeness (QED) is 0.120. The molecule has 0 bridgehead atoms. The van der Waals surface area contributed by atoms with Crippen molar-refractivity contribution in [3.63, 3.8) is 0 Å². The van der Waals surface area contributed by atoms with Crippen molar-refractivity contribution in [2.24, 2.45) is 23.7 Å². The molecule has 0 fully saturated rings. The van der Waals surface area contributed by atoms with E-state index in [9.17, 15) is 29.6 Å². The fourth-order valence-electron chi connectivity index (χ4n) is 4.20. The number of hydrogen-bond acceptors (Lipinski definition) is 8. The third-order valence-electron chi connectivity index (χ3n) is 6.56. The standard InChI is InChI=1S/C26H53O9P/c1-19(2)9-6-10-20(3)11-7-12-21(4)13-8-14-22(5)15-24(30)26(25(31)17-28)35-36(32,33)34-18-23(29)16-27/h19-23,25-29,31H,6-18H2,1-5H3,(H,32,33)/t20?,21?,22?,23-,25?,26?/m1/s1. The number of ketones is 1. The predicted octanol–water partition coefficient (Wildman–Crippen LogP) is 4.23. The molecular weight excluding hydrogens is 487 g/mol. The van der Waals surface area contributed by atoms with Crippen molar-refractivity contribution in [3.05, 3.63) is 0 Å². The summed E-state index contributed by atoms with van der Waals surface area (Å²) in [4.78, 5) is 22.5. The smallest absolute Gasteiger partial charge is 0.394 e. The van der Waals surface area contributed by atoms with Crippen molar-refractivity contribution in [1.82, 2.24) is 0 Å². The van der Waals surface area contributed by atoms with Crippen LogP contribution in [0.4, 0.5) is 0 Å². The van der Waals surface area contributed by atoms with Gasteiger partial charge in [0, 0.05) is 6.42 Å². The Labute approximate surface area is 218 Å². The fraction of sp³-hybridized carbons (Fsp3) is 0.962. The lowest BCUT2D eigenvalue weighted by Gasteiger charge is -2.24. The molecule has 6 unspecified atom stereocenters. The van der Waals surface area contributed by atoms with Gasteiger partial charge in [-0.3, -0.25) is 13.8 Å². The van der Waals surface area contributed by atoms with E-state index in [2.05, 4.69) is 32.2 Å². The molecule has 0 aromatic carbocycles. The molecule has 0 radical (unpaired) electrons. The Kier molecular flexibility index (Phi) is 19.4. The second kappa shape index (κ2) is 19.7. The van der Waals surface area contributed by atoms with Crippen LogP contribution in [0.2, 0.25) is 0 Å². The molecule has 0 saturated carbocycles. The van der Waals surface area contributed by atoms with Crippen molar-refractivity contribution >= 4 is 13.6 Å². The van der Waals surface area contributed by atoms with Gasteiger partial charge in [0.05, 0.1) is 19.8 Å². The second-order valence-electron chi connectivity index (χ2n) is 11.0. The maximum Gasteiger partial charge on any atom is 0.473 e. The van der Waals surface area contributed by atoms with E-state index in [0.29, 0.717) is 5.92 Å². The molecular formula is C26H53O9P. The van der Waals surface area contributed by atoms with E-state index in [1.54, 1.807) is 0 Å². The fourth-order valence-corrected chi connectivity index (χ4v) is 5.17. The summed E-state index contributed by atoms with van der Waals surface area (Å²) in [6.45, 7) is 8.83. The molecule has 7 atom stereocenters. The van der Waals surface area contributed by atoms with Crippen molar-refractivity contribution in [3.8, 4) is 0 Å². The maximum absolute atomic E-state index is 12.7. The number of phosphoric acid groups is 1. The summed E-state index contributed by atoms with van der Waals surface area (Å²) in [5, 5.41) is 37.2. The van der Waals surface area contributed by atoms with Gasteiger partial charge in [-0.15, -0.1) is 0 Å². The molecule has 0 aromatic rings. The van der Waals surface area contributed by atoms with Crippen LogP contribution in [0.1, 0.15) is 98.8 Å². The van der Waals surface area contributed by atoms with E-state index in [0.717, 1.165) is 31.1 Å². The van der Waals surface area contributed by atoms with Gasteiger partial charge in [0.15, 0.2) is 11.9 Å². The first-order valence-corrected chi connectivity index (χ1v) is 15.1. The normalized spacial score (nSPS) is 18.9. The molecule has 0 heterocycles. The van der Waals surface area contributed by atoms with Crippen LogP contribution in [-0.2, 0) is 18.4 Å². The number of Topliss-reactive ketones (excluding diaryl/α,β-unsaturated/α-hetero) is 1. The Hall–Kier alpha value is -0.380. The average Bonchev–Trinajstić information content (AvgIpc) is 2.80. The van der Waals surface area contributed by atoms with Gasteiger partial charge in [0.2, 0.25) is 0 Å². The van der Waals surface area contributed by atoms with Gasteiger partial charge in [-0.05, 0) is 23.7 Å². The SMILES string of the molecule is CC(C)CCCC(C)CCCC(C)CCCC(C)CC(=O)C(OP(=O)(O)OC[C@H](O)CO)C(O)CO. The van der Waals surface area contributed by atoms with E-state index in [4.69, 9.17) is 9.63 Å². The minimum absolute atomic E-state index is 0.0171. The van der Waals surface area contributed by atoms with Crippen LogP contribution in [0.15, 0.2) is 0 Å². The molecule has 0 saturated heterocycles. The van der Waals surface area contributed by atoms with Crippen LogP contribution >= 0.6 is 7.82 Å². The zero-order chi connectivity index (χ0) is 27.7. The molecule has 0 aliphatic heterocycles. The van der Waals surface area contributed by atoms with E-state index in [-0.39, 0.29) is 12.3 Å². The summed E-state index contributed by atoms with van der Waals surface area (Å²) in [5.41, 5.74) is 0. The van der Waals surface area contributed by atoms with Crippen molar-refractivity contribution in [2.75, 3.05) is 19.8 Å². The number of rotatable bonds is 23. The molecule has 0 aliphatic carbocycles. The minimum atomic E-state index is -4.81. The third-order valence-corrected chi connectivity index (χ3v) is 7.53. The highest BCUT2D eigenvalue weighted by Crippen LogP contribution is 2.45. The van der Waals surface area contributed by atoms with Crippen molar-refractivity contribution < 1.29 is 43.7 Å². The number of carbonyl (C=O) groups excluding carboxylic acids is 1. The second-order valence-corrected chi connectivity index (χ2v) is 12.5. The van der Waals surface area contributed by atoms with Gasteiger partial charge in [-0.2, -0.15) is 0 Å². The van der Waals surface area contributed by atoms with E-state index >= 15 is 0 Å². The van der Waals surface area contributed by atoms with Crippen molar-refractivity contribution in [1.29, 1.82) is 0 Å². The Balaban J connectivity index is 4.41. The van der Waals surface area contributed by atoms with Crippen LogP contribution in [-0.4, -0.2) is 69.2 Å². The van der Waals surface area contributed by atoms with Crippen LogP contribution in [0.5, 0.6) is 0 Å². The highest BCUT2D eigenvalue weighted by Gasteiger charge is 2.36. The molecule has 36 heavy (non-hydrogen) atoms. The first kappa shape index (κ1) is 35.6. The third kappa shape index (κ3) is 18.0. The lowest BCUT2D eigenvalue weighted by atomic mass is 9.90. The molecule has 216 valence electrons. The average molecular weight is 541 g/mol. The Morgan fingerprint density at radius 1 is 0.778 bits per heavy atom. The van der Waals surface area contributed by atoms with Gasteiger partial charge < -0.3 is 25.3 Å². The van der Waals surface area contributed by atoms with E-state index in [1.165, 1.54) is 38.5 Å². The highest BCUT2D eigenvalue weighted by molar-refractivity contribution is 7.47. The summed E-state index contributed by atoms with van der Waals surface area (Å²) < 4.78 is 21.5. The summed E-state index contributed by atoms with van der Waals surface area (Å²) >= 11 is 0. The van der Waals surface area contributed by atoms with Crippen molar-refractivity contribution in [2.45, 2.75) is 117 Å². The molecule has 0 aliphatic rings. The number of aliphatic hydroxyl groups is 4. The zero-order valence-corrected chi connectivity index (χ0v) is 23.9. The van der Waals surface area contributed by atoms with E-state index < -0.39 is 51.7 Å². The molecule has 0 spiro atoms. The first-order chi connectivity index (χ1) is 16.8. The molecule has 0 aromatic heterocycles. The molecule has 5 N–H and O–H groups in total. The summed E-state index contributed by atoms with van der Waals surface area (Å²) in [6.07, 6.45) is 5.60. The largest absolute Gasteiger partial charge is 0.473 e.